The van der Waals surface area contributed by atoms with Crippen LogP contribution in [-0.4, -0.2) is 22.0 Å². The third kappa shape index (κ3) is 2.99. The first kappa shape index (κ1) is 14.4. The molecule has 0 N–H and O–H groups in total. The van der Waals surface area contributed by atoms with Crippen molar-refractivity contribution in [3.63, 3.8) is 0 Å². The smallest absolute Gasteiger partial charge is 0.283 e. The van der Waals surface area contributed by atoms with Gasteiger partial charge in [0.15, 0.2) is 5.76 Å². The highest BCUT2D eigenvalue weighted by atomic mass is 32.2. The van der Waals surface area contributed by atoms with Crippen LogP contribution in [0.3, 0.4) is 0 Å². The van der Waals surface area contributed by atoms with Crippen LogP contribution in [-0.2, 0) is 6.54 Å². The van der Waals surface area contributed by atoms with E-state index in [1.54, 1.807) is 6.26 Å². The van der Waals surface area contributed by atoms with Crippen molar-refractivity contribution in [3.05, 3.63) is 48.6 Å². The lowest BCUT2D eigenvalue weighted by Crippen LogP contribution is -2.24. The molecule has 0 saturated carbocycles. The van der Waals surface area contributed by atoms with Gasteiger partial charge >= 0.3 is 0 Å². The summed E-state index contributed by atoms with van der Waals surface area (Å²) in [6.07, 6.45) is 2.72. The first-order valence-corrected chi connectivity index (χ1v) is 8.54. The predicted octanol–water partition coefficient (Wildman–Crippen LogP) is 4.22. The third-order valence-electron chi connectivity index (χ3n) is 3.86. The van der Waals surface area contributed by atoms with Crippen LogP contribution in [0.4, 0.5) is 5.69 Å². The van der Waals surface area contributed by atoms with Crippen molar-refractivity contribution in [2.45, 2.75) is 30.0 Å². The molecule has 118 valence electrons. The molecular formula is C17H17N3O2S. The molecule has 2 aromatic heterocycles. The van der Waals surface area contributed by atoms with E-state index in [9.17, 15) is 0 Å². The van der Waals surface area contributed by atoms with E-state index in [1.807, 2.05) is 23.9 Å². The standard InChI is InChI=1S/C17H17N3O2S/c1-12-8-9-20(13-5-2-3-7-15(13)23-12)11-16-18-19-17(22-16)14-6-4-10-21-14/h2-7,10,12H,8-9,11H2,1H3. The molecule has 6 heteroatoms. The van der Waals surface area contributed by atoms with Gasteiger partial charge in [-0.05, 0) is 30.7 Å². The van der Waals surface area contributed by atoms with E-state index in [2.05, 4.69) is 46.3 Å². The topological polar surface area (TPSA) is 55.3 Å². The van der Waals surface area contributed by atoms with Crippen molar-refractivity contribution in [1.82, 2.24) is 10.2 Å². The van der Waals surface area contributed by atoms with Crippen molar-refractivity contribution in [2.24, 2.45) is 0 Å². The van der Waals surface area contributed by atoms with E-state index < -0.39 is 0 Å². The highest BCUT2D eigenvalue weighted by Crippen LogP contribution is 2.37. The quantitative estimate of drug-likeness (QED) is 0.718. The summed E-state index contributed by atoms with van der Waals surface area (Å²) >= 11 is 1.93. The molecule has 0 radical (unpaired) electrons. The second kappa shape index (κ2) is 6.12. The van der Waals surface area contributed by atoms with Crippen LogP contribution in [0.1, 0.15) is 19.2 Å². The van der Waals surface area contributed by atoms with Gasteiger partial charge in [-0.15, -0.1) is 22.0 Å². The molecule has 0 saturated heterocycles. The second-order valence-electron chi connectivity index (χ2n) is 5.58. The zero-order chi connectivity index (χ0) is 15.6. The van der Waals surface area contributed by atoms with Crippen LogP contribution in [0.15, 0.2) is 56.4 Å². The van der Waals surface area contributed by atoms with Gasteiger partial charge in [0.05, 0.1) is 18.5 Å². The van der Waals surface area contributed by atoms with Crippen molar-refractivity contribution in [3.8, 4) is 11.7 Å². The molecule has 3 aromatic rings. The average molecular weight is 327 g/mol. The SMILES string of the molecule is CC1CCN(Cc2nnc(-c3ccco3)o2)c2ccccc2S1. The van der Waals surface area contributed by atoms with Gasteiger partial charge < -0.3 is 13.7 Å². The Bertz CT molecular complexity index is 785. The van der Waals surface area contributed by atoms with Crippen LogP contribution in [0.25, 0.3) is 11.7 Å². The van der Waals surface area contributed by atoms with E-state index in [0.29, 0.717) is 29.3 Å². The Kier molecular flexibility index (Phi) is 3.83. The number of thioether (sulfide) groups is 1. The molecule has 0 amide bonds. The fourth-order valence-corrected chi connectivity index (χ4v) is 3.83. The number of hydrogen-bond acceptors (Lipinski definition) is 6. The number of aromatic nitrogens is 2. The molecule has 4 rings (SSSR count). The first-order chi connectivity index (χ1) is 11.3. The molecule has 1 aliphatic heterocycles. The van der Waals surface area contributed by atoms with Gasteiger partial charge in [-0.25, -0.2) is 0 Å². The number of furan rings is 1. The second-order valence-corrected chi connectivity index (χ2v) is 7.06. The highest BCUT2D eigenvalue weighted by Gasteiger charge is 2.21. The molecular weight excluding hydrogens is 310 g/mol. The Morgan fingerprint density at radius 1 is 1.22 bits per heavy atom. The molecule has 1 atom stereocenters. The van der Waals surface area contributed by atoms with Crippen molar-refractivity contribution < 1.29 is 8.83 Å². The van der Waals surface area contributed by atoms with Gasteiger partial charge in [0, 0.05) is 16.7 Å². The summed E-state index contributed by atoms with van der Waals surface area (Å²) in [4.78, 5) is 3.62. The lowest BCUT2D eigenvalue weighted by molar-refractivity contribution is 0.474. The van der Waals surface area contributed by atoms with Gasteiger partial charge in [0.25, 0.3) is 5.89 Å². The number of anilines is 1. The third-order valence-corrected chi connectivity index (χ3v) is 5.10. The van der Waals surface area contributed by atoms with E-state index in [0.717, 1.165) is 13.0 Å². The zero-order valence-corrected chi connectivity index (χ0v) is 13.6. The van der Waals surface area contributed by atoms with E-state index in [4.69, 9.17) is 8.83 Å². The van der Waals surface area contributed by atoms with Crippen molar-refractivity contribution in [2.75, 3.05) is 11.4 Å². The molecule has 0 aliphatic carbocycles. The zero-order valence-electron chi connectivity index (χ0n) is 12.8. The van der Waals surface area contributed by atoms with E-state index in [1.165, 1.54) is 10.6 Å². The summed E-state index contributed by atoms with van der Waals surface area (Å²) in [7, 11) is 0. The maximum Gasteiger partial charge on any atom is 0.283 e. The van der Waals surface area contributed by atoms with E-state index >= 15 is 0 Å². The summed E-state index contributed by atoms with van der Waals surface area (Å²) < 4.78 is 11.0. The molecule has 1 aliphatic rings. The Balaban J connectivity index is 1.59. The lowest BCUT2D eigenvalue weighted by Gasteiger charge is -2.22. The Hall–Kier alpha value is -2.21. The molecule has 1 unspecified atom stereocenters. The summed E-state index contributed by atoms with van der Waals surface area (Å²) in [5.74, 6) is 1.63. The summed E-state index contributed by atoms with van der Waals surface area (Å²) in [5.41, 5.74) is 1.24. The first-order valence-electron chi connectivity index (χ1n) is 7.66. The molecule has 3 heterocycles. The van der Waals surface area contributed by atoms with Crippen LogP contribution in [0, 0.1) is 0 Å². The molecule has 1 aromatic carbocycles. The molecule has 23 heavy (non-hydrogen) atoms. The lowest BCUT2D eigenvalue weighted by atomic mass is 10.2. The molecule has 0 bridgehead atoms. The number of nitrogens with zero attached hydrogens (tertiary/aromatic N) is 3. The predicted molar refractivity (Wildman–Crippen MR) is 89.4 cm³/mol. The van der Waals surface area contributed by atoms with Crippen LogP contribution >= 0.6 is 11.8 Å². The Labute approximate surface area is 138 Å². The number of benzene rings is 1. The average Bonchev–Trinajstić information content (AvgIpc) is 3.20. The summed E-state index contributed by atoms with van der Waals surface area (Å²) in [5, 5.41) is 8.84. The van der Waals surface area contributed by atoms with Crippen molar-refractivity contribution >= 4 is 17.4 Å². The van der Waals surface area contributed by atoms with Crippen LogP contribution < -0.4 is 4.90 Å². The van der Waals surface area contributed by atoms with E-state index in [-0.39, 0.29) is 0 Å². The maximum atomic E-state index is 5.75. The van der Waals surface area contributed by atoms with Crippen LogP contribution in [0.5, 0.6) is 0 Å². The largest absolute Gasteiger partial charge is 0.459 e. The van der Waals surface area contributed by atoms with Crippen molar-refractivity contribution in [1.29, 1.82) is 0 Å². The minimum atomic E-state index is 0.427. The number of hydrogen-bond donors (Lipinski definition) is 0. The number of para-hydroxylation sites is 1. The fourth-order valence-electron chi connectivity index (χ4n) is 2.70. The summed E-state index contributed by atoms with van der Waals surface area (Å²) in [6, 6.07) is 12.1. The maximum absolute atomic E-state index is 5.75. The highest BCUT2D eigenvalue weighted by molar-refractivity contribution is 8.00. The fraction of sp³-hybridized carbons (Fsp3) is 0.294. The Morgan fingerprint density at radius 3 is 3.00 bits per heavy atom. The number of rotatable bonds is 3. The van der Waals surface area contributed by atoms with Gasteiger partial charge in [0.2, 0.25) is 5.89 Å². The molecule has 0 fully saturated rings. The molecule has 0 spiro atoms. The number of fused-ring (bicyclic) bond motifs is 1. The van der Waals surface area contributed by atoms with Gasteiger partial charge in [0.1, 0.15) is 0 Å². The minimum Gasteiger partial charge on any atom is -0.459 e. The molecule has 5 nitrogen and oxygen atoms in total. The monoisotopic (exact) mass is 327 g/mol. The van der Waals surface area contributed by atoms with Gasteiger partial charge in [-0.1, -0.05) is 19.1 Å². The minimum absolute atomic E-state index is 0.427. The van der Waals surface area contributed by atoms with Gasteiger partial charge in [-0.3, -0.25) is 0 Å². The summed E-state index contributed by atoms with van der Waals surface area (Å²) in [6.45, 7) is 3.86. The Morgan fingerprint density at radius 2 is 2.13 bits per heavy atom. The normalized spacial score (nSPS) is 17.8. The van der Waals surface area contributed by atoms with Gasteiger partial charge in [-0.2, -0.15) is 0 Å². The van der Waals surface area contributed by atoms with Crippen LogP contribution in [0.2, 0.25) is 0 Å².